The molecule has 0 spiro atoms. The van der Waals surface area contributed by atoms with E-state index in [-0.39, 0.29) is 22.6 Å². The van der Waals surface area contributed by atoms with Crippen molar-refractivity contribution in [1.82, 2.24) is 14.4 Å². The molecule has 0 fully saturated rings. The second-order valence-electron chi connectivity index (χ2n) is 6.78. The Bertz CT molecular complexity index is 1560. The van der Waals surface area contributed by atoms with Gasteiger partial charge in [0.05, 0.1) is 15.8 Å². The summed E-state index contributed by atoms with van der Waals surface area (Å²) >= 11 is 4.79. The quantitative estimate of drug-likeness (QED) is 0.286. The molecule has 3 heterocycles. The van der Waals surface area contributed by atoms with Gasteiger partial charge in [-0.1, -0.05) is 34.1 Å². The first-order valence-electron chi connectivity index (χ1n) is 9.55. The zero-order chi connectivity index (χ0) is 22.1. The first-order chi connectivity index (χ1) is 15.6. The van der Waals surface area contributed by atoms with E-state index in [9.17, 15) is 10.1 Å². The van der Waals surface area contributed by atoms with Gasteiger partial charge in [0.15, 0.2) is 0 Å². The van der Waals surface area contributed by atoms with Gasteiger partial charge in [0.1, 0.15) is 28.0 Å². The molecule has 0 saturated carbocycles. The number of para-hydroxylation sites is 1. The number of benzene rings is 2. The number of fused-ring (bicyclic) bond motifs is 2. The van der Waals surface area contributed by atoms with Crippen molar-refractivity contribution in [2.45, 2.75) is 0 Å². The number of pyridine rings is 1. The fourth-order valence-corrected chi connectivity index (χ4v) is 4.37. The van der Waals surface area contributed by atoms with Gasteiger partial charge in [-0.25, -0.2) is 4.98 Å². The maximum atomic E-state index is 13.3. The van der Waals surface area contributed by atoms with Crippen molar-refractivity contribution in [3.8, 4) is 17.7 Å². The van der Waals surface area contributed by atoms with Crippen LogP contribution in [0.2, 0.25) is 0 Å². The second kappa shape index (κ2) is 8.38. The lowest BCUT2D eigenvalue weighted by atomic mass is 10.2. The first-order valence-corrected chi connectivity index (χ1v) is 11.2. The van der Waals surface area contributed by atoms with E-state index in [1.807, 2.05) is 36.4 Å². The monoisotopic (exact) mass is 500 g/mol. The Morgan fingerprint density at radius 3 is 2.62 bits per heavy atom. The highest BCUT2D eigenvalue weighted by atomic mass is 79.9. The van der Waals surface area contributed by atoms with Gasteiger partial charge in [-0.15, -0.1) is 11.3 Å². The van der Waals surface area contributed by atoms with Gasteiger partial charge < -0.3 is 4.74 Å². The minimum absolute atomic E-state index is 0.123. The Morgan fingerprint density at radius 1 is 1.06 bits per heavy atom. The maximum absolute atomic E-state index is 13.3. The van der Waals surface area contributed by atoms with Crippen LogP contribution in [-0.4, -0.2) is 14.4 Å². The summed E-state index contributed by atoms with van der Waals surface area (Å²) in [5.41, 5.74) is 1.35. The minimum Gasteiger partial charge on any atom is -0.438 e. The summed E-state index contributed by atoms with van der Waals surface area (Å²) in [6.07, 6.45) is 3.13. The predicted octanol–water partition coefficient (Wildman–Crippen LogP) is 5.92. The van der Waals surface area contributed by atoms with Crippen LogP contribution in [0, 0.1) is 11.3 Å². The molecule has 8 heteroatoms. The SMILES string of the molecule is N#CC(=Cc1c(Oc2ccc(Br)cc2)nc2ccccn2c1=O)c1nc2ccccc2s1. The Balaban J connectivity index is 1.70. The molecule has 0 unspecified atom stereocenters. The summed E-state index contributed by atoms with van der Waals surface area (Å²) in [5.74, 6) is 0.644. The molecule has 3 aromatic heterocycles. The van der Waals surface area contributed by atoms with E-state index in [1.54, 1.807) is 36.5 Å². The number of allylic oxidation sites excluding steroid dienone is 1. The number of thiazole rings is 1. The number of ether oxygens (including phenoxy) is 1. The molecular weight excluding hydrogens is 488 g/mol. The van der Waals surface area contributed by atoms with Crippen molar-refractivity contribution in [2.24, 2.45) is 0 Å². The van der Waals surface area contributed by atoms with Crippen LogP contribution in [0.25, 0.3) is 27.5 Å². The van der Waals surface area contributed by atoms with Crippen molar-refractivity contribution in [3.05, 3.63) is 98.3 Å². The van der Waals surface area contributed by atoms with Gasteiger partial charge in [-0.05, 0) is 54.6 Å². The van der Waals surface area contributed by atoms with Crippen LogP contribution in [0.15, 0.2) is 82.2 Å². The number of hydrogen-bond acceptors (Lipinski definition) is 6. The highest BCUT2D eigenvalue weighted by Crippen LogP contribution is 2.30. The molecule has 0 aliphatic carbocycles. The van der Waals surface area contributed by atoms with Gasteiger partial charge in [-0.3, -0.25) is 9.20 Å². The summed E-state index contributed by atoms with van der Waals surface area (Å²) in [5, 5.41) is 10.4. The zero-order valence-corrected chi connectivity index (χ0v) is 18.8. The van der Waals surface area contributed by atoms with Crippen LogP contribution >= 0.6 is 27.3 Å². The fourth-order valence-electron chi connectivity index (χ4n) is 3.17. The summed E-state index contributed by atoms with van der Waals surface area (Å²) in [7, 11) is 0. The van der Waals surface area contributed by atoms with Crippen LogP contribution in [0.3, 0.4) is 0 Å². The lowest BCUT2D eigenvalue weighted by molar-refractivity contribution is 0.461. The number of nitrogens with zero attached hydrogens (tertiary/aromatic N) is 4. The number of halogens is 1. The van der Waals surface area contributed by atoms with Crippen molar-refractivity contribution in [2.75, 3.05) is 0 Å². The number of aromatic nitrogens is 3. The highest BCUT2D eigenvalue weighted by Gasteiger charge is 2.16. The summed E-state index contributed by atoms with van der Waals surface area (Å²) in [6, 6.07) is 22.3. The van der Waals surface area contributed by atoms with Gasteiger partial charge in [-0.2, -0.15) is 10.2 Å². The zero-order valence-electron chi connectivity index (χ0n) is 16.4. The van der Waals surface area contributed by atoms with Crippen LogP contribution in [-0.2, 0) is 0 Å². The molecule has 0 N–H and O–H groups in total. The third-order valence-corrected chi connectivity index (χ3v) is 6.29. The molecule has 154 valence electrons. The molecule has 5 aromatic rings. The minimum atomic E-state index is -0.337. The van der Waals surface area contributed by atoms with E-state index in [0.29, 0.717) is 16.4 Å². The Hall–Kier alpha value is -3.80. The van der Waals surface area contributed by atoms with E-state index in [0.717, 1.165) is 14.7 Å². The second-order valence-corrected chi connectivity index (χ2v) is 8.72. The van der Waals surface area contributed by atoms with Gasteiger partial charge in [0.25, 0.3) is 5.56 Å². The highest BCUT2D eigenvalue weighted by molar-refractivity contribution is 9.10. The Morgan fingerprint density at radius 2 is 1.84 bits per heavy atom. The van der Waals surface area contributed by atoms with Crippen molar-refractivity contribution in [3.63, 3.8) is 0 Å². The fraction of sp³-hybridized carbons (Fsp3) is 0. The van der Waals surface area contributed by atoms with Crippen molar-refractivity contribution >= 4 is 54.8 Å². The molecule has 0 atom stereocenters. The van der Waals surface area contributed by atoms with Crippen molar-refractivity contribution in [1.29, 1.82) is 5.26 Å². The summed E-state index contributed by atoms with van der Waals surface area (Å²) in [6.45, 7) is 0. The van der Waals surface area contributed by atoms with E-state index in [1.165, 1.54) is 21.8 Å². The van der Waals surface area contributed by atoms with Gasteiger partial charge >= 0.3 is 0 Å². The van der Waals surface area contributed by atoms with Crippen LogP contribution < -0.4 is 10.3 Å². The summed E-state index contributed by atoms with van der Waals surface area (Å²) < 4.78 is 9.26. The third kappa shape index (κ3) is 3.80. The molecule has 32 heavy (non-hydrogen) atoms. The number of hydrogen-bond donors (Lipinski definition) is 0. The molecule has 0 saturated heterocycles. The average molecular weight is 501 g/mol. The molecule has 0 radical (unpaired) electrons. The molecule has 0 aliphatic rings. The lowest BCUT2D eigenvalue weighted by Gasteiger charge is -2.10. The largest absolute Gasteiger partial charge is 0.438 e. The number of rotatable bonds is 4. The molecule has 6 nitrogen and oxygen atoms in total. The van der Waals surface area contributed by atoms with E-state index >= 15 is 0 Å². The summed E-state index contributed by atoms with van der Waals surface area (Å²) in [4.78, 5) is 22.4. The van der Waals surface area contributed by atoms with Crippen molar-refractivity contribution < 1.29 is 4.74 Å². The van der Waals surface area contributed by atoms with Crippen LogP contribution in [0.1, 0.15) is 10.6 Å². The lowest BCUT2D eigenvalue weighted by Crippen LogP contribution is -2.18. The predicted molar refractivity (Wildman–Crippen MR) is 129 cm³/mol. The molecule has 0 aliphatic heterocycles. The van der Waals surface area contributed by atoms with Crippen LogP contribution in [0.4, 0.5) is 0 Å². The first kappa shape index (κ1) is 20.1. The van der Waals surface area contributed by atoms with Gasteiger partial charge in [0.2, 0.25) is 5.88 Å². The molecular formula is C24H13BrN4O2S. The molecule has 0 bridgehead atoms. The Labute approximate surface area is 194 Å². The maximum Gasteiger partial charge on any atom is 0.269 e. The molecule has 0 amide bonds. The van der Waals surface area contributed by atoms with Gasteiger partial charge in [0, 0.05) is 10.7 Å². The normalized spacial score (nSPS) is 11.6. The third-order valence-electron chi connectivity index (χ3n) is 4.70. The van der Waals surface area contributed by atoms with E-state index in [4.69, 9.17) is 4.74 Å². The standard InChI is InChI=1S/C24H13BrN4O2S/c25-16-8-10-17(11-9-16)31-22-18(24(30)29-12-4-3-7-21(29)28-22)13-15(14-26)23-27-19-5-1-2-6-20(19)32-23/h1-13H. The topological polar surface area (TPSA) is 80.3 Å². The van der Waals surface area contributed by atoms with E-state index < -0.39 is 0 Å². The Kier molecular flexibility index (Phi) is 5.27. The number of nitriles is 1. The molecule has 2 aromatic carbocycles. The molecule has 5 rings (SSSR count). The van der Waals surface area contributed by atoms with E-state index in [2.05, 4.69) is 32.0 Å². The average Bonchev–Trinajstić information content (AvgIpc) is 3.24. The van der Waals surface area contributed by atoms with Crippen LogP contribution in [0.5, 0.6) is 11.6 Å². The smallest absolute Gasteiger partial charge is 0.269 e.